The summed E-state index contributed by atoms with van der Waals surface area (Å²) in [6.45, 7) is 7.25. The summed E-state index contributed by atoms with van der Waals surface area (Å²) in [4.78, 5) is 12.7. The van der Waals surface area contributed by atoms with Crippen LogP contribution in [0.3, 0.4) is 0 Å². The van der Waals surface area contributed by atoms with Crippen LogP contribution in [0.25, 0.3) is 0 Å². The van der Waals surface area contributed by atoms with Crippen LogP contribution in [-0.4, -0.2) is 43.5 Å². The third-order valence-electron chi connectivity index (χ3n) is 2.81. The van der Waals surface area contributed by atoms with Gasteiger partial charge in [0, 0.05) is 12.5 Å². The van der Waals surface area contributed by atoms with Crippen LogP contribution in [0.1, 0.15) is 25.7 Å². The molecule has 0 aliphatic carbocycles. The Balaban J connectivity index is 2.16. The van der Waals surface area contributed by atoms with Crippen LogP contribution in [0.2, 0.25) is 0 Å². The lowest BCUT2D eigenvalue weighted by molar-refractivity contribution is -0.108. The fourth-order valence-electron chi connectivity index (χ4n) is 2.04. The first kappa shape index (κ1) is 12.4. The van der Waals surface area contributed by atoms with E-state index in [1.165, 1.54) is 12.8 Å². The molecule has 0 aromatic heterocycles. The molecule has 3 nitrogen and oxygen atoms in total. The van der Waals surface area contributed by atoms with Crippen molar-refractivity contribution in [1.82, 2.24) is 4.90 Å². The van der Waals surface area contributed by atoms with Gasteiger partial charge in [0.25, 0.3) is 0 Å². The quantitative estimate of drug-likeness (QED) is 0.347. The number of ether oxygens (including phenoxy) is 1. The second-order valence-electron chi connectivity index (χ2n) is 3.97. The topological polar surface area (TPSA) is 29.5 Å². The summed E-state index contributed by atoms with van der Waals surface area (Å²) in [5, 5.41) is 0. The number of carbonyl (C=O) groups is 1. The first-order valence-corrected chi connectivity index (χ1v) is 5.74. The van der Waals surface area contributed by atoms with Crippen molar-refractivity contribution in [3.05, 3.63) is 12.7 Å². The fraction of sp³-hybridized carbons (Fsp3) is 0.750. The molecule has 0 spiro atoms. The Bertz CT molecular complexity index is 174. The summed E-state index contributed by atoms with van der Waals surface area (Å²) in [5.74, 6) is 0. The molecule has 1 fully saturated rings. The molecule has 1 aliphatic heterocycles. The van der Waals surface area contributed by atoms with Crippen molar-refractivity contribution in [3.63, 3.8) is 0 Å². The Morgan fingerprint density at radius 3 is 3.13 bits per heavy atom. The van der Waals surface area contributed by atoms with Crippen molar-refractivity contribution in [2.45, 2.75) is 31.7 Å². The van der Waals surface area contributed by atoms with E-state index in [1.807, 2.05) is 0 Å². The van der Waals surface area contributed by atoms with Gasteiger partial charge in [-0.15, -0.1) is 6.58 Å². The van der Waals surface area contributed by atoms with Gasteiger partial charge in [0.2, 0.25) is 0 Å². The summed E-state index contributed by atoms with van der Waals surface area (Å²) < 4.78 is 5.47. The van der Waals surface area contributed by atoms with Crippen LogP contribution in [0.5, 0.6) is 0 Å². The van der Waals surface area contributed by atoms with E-state index >= 15 is 0 Å². The van der Waals surface area contributed by atoms with E-state index in [0.717, 1.165) is 32.4 Å². The normalized spacial score (nSPS) is 21.7. The van der Waals surface area contributed by atoms with Gasteiger partial charge in [0.1, 0.15) is 6.29 Å². The van der Waals surface area contributed by atoms with Crippen LogP contribution in [0.15, 0.2) is 12.7 Å². The van der Waals surface area contributed by atoms with E-state index in [-0.39, 0.29) is 0 Å². The van der Waals surface area contributed by atoms with Gasteiger partial charge in [-0.2, -0.15) is 0 Å². The summed E-state index contributed by atoms with van der Waals surface area (Å²) in [5.41, 5.74) is 0. The standard InChI is InChI=1S/C12H21NO2/c1-2-10-15-11-12-6-5-8-13(12)7-3-4-9-14/h2,9,12H,1,3-8,10-11H2/t12-/m1/s1. The maximum atomic E-state index is 10.2. The Morgan fingerprint density at radius 2 is 2.40 bits per heavy atom. The highest BCUT2D eigenvalue weighted by Crippen LogP contribution is 2.17. The molecule has 1 aliphatic rings. The lowest BCUT2D eigenvalue weighted by Gasteiger charge is -2.23. The predicted octanol–water partition coefficient (Wildman–Crippen LogP) is 1.63. The SMILES string of the molecule is C=CCOC[C@H]1CCCN1CCCC=O. The van der Waals surface area contributed by atoms with Gasteiger partial charge >= 0.3 is 0 Å². The van der Waals surface area contributed by atoms with Crippen LogP contribution in [0.4, 0.5) is 0 Å². The van der Waals surface area contributed by atoms with Crippen molar-refractivity contribution in [2.24, 2.45) is 0 Å². The van der Waals surface area contributed by atoms with E-state index in [0.29, 0.717) is 19.1 Å². The minimum absolute atomic E-state index is 0.552. The van der Waals surface area contributed by atoms with E-state index in [4.69, 9.17) is 4.74 Å². The number of rotatable bonds is 8. The maximum absolute atomic E-state index is 10.2. The number of carbonyl (C=O) groups excluding carboxylic acids is 1. The number of nitrogens with zero attached hydrogens (tertiary/aromatic N) is 1. The summed E-state index contributed by atoms with van der Waals surface area (Å²) in [7, 11) is 0. The zero-order valence-electron chi connectivity index (χ0n) is 9.36. The van der Waals surface area contributed by atoms with E-state index in [9.17, 15) is 4.79 Å². The molecule has 1 atom stereocenters. The Labute approximate surface area is 92.1 Å². The van der Waals surface area contributed by atoms with Crippen LogP contribution < -0.4 is 0 Å². The molecule has 0 aromatic carbocycles. The van der Waals surface area contributed by atoms with Gasteiger partial charge in [-0.05, 0) is 32.4 Å². The van der Waals surface area contributed by atoms with E-state index in [1.54, 1.807) is 6.08 Å². The van der Waals surface area contributed by atoms with Crippen molar-refractivity contribution in [2.75, 3.05) is 26.3 Å². The van der Waals surface area contributed by atoms with Gasteiger partial charge in [-0.1, -0.05) is 6.08 Å². The molecule has 1 saturated heterocycles. The lowest BCUT2D eigenvalue weighted by Crippen LogP contribution is -2.34. The molecular weight excluding hydrogens is 190 g/mol. The predicted molar refractivity (Wildman–Crippen MR) is 60.9 cm³/mol. The minimum Gasteiger partial charge on any atom is -0.376 e. The molecule has 0 bridgehead atoms. The van der Waals surface area contributed by atoms with Crippen molar-refractivity contribution < 1.29 is 9.53 Å². The molecule has 0 radical (unpaired) electrons. The molecule has 0 amide bonds. The highest BCUT2D eigenvalue weighted by molar-refractivity contribution is 5.49. The zero-order valence-corrected chi connectivity index (χ0v) is 9.36. The average molecular weight is 211 g/mol. The fourth-order valence-corrected chi connectivity index (χ4v) is 2.04. The van der Waals surface area contributed by atoms with E-state index < -0.39 is 0 Å². The van der Waals surface area contributed by atoms with Gasteiger partial charge < -0.3 is 9.53 Å². The van der Waals surface area contributed by atoms with Crippen LogP contribution in [-0.2, 0) is 9.53 Å². The Hall–Kier alpha value is -0.670. The molecule has 0 unspecified atom stereocenters. The first-order valence-electron chi connectivity index (χ1n) is 5.74. The van der Waals surface area contributed by atoms with Gasteiger partial charge in [-0.25, -0.2) is 0 Å². The monoisotopic (exact) mass is 211 g/mol. The average Bonchev–Trinajstić information content (AvgIpc) is 2.67. The number of hydrogen-bond donors (Lipinski definition) is 0. The third kappa shape index (κ3) is 4.58. The summed E-state index contributed by atoms with van der Waals surface area (Å²) in [6, 6.07) is 0.552. The number of aldehydes is 1. The minimum atomic E-state index is 0.552. The Kier molecular flexibility index (Phi) is 6.28. The molecule has 1 rings (SSSR count). The second kappa shape index (κ2) is 7.60. The van der Waals surface area contributed by atoms with Gasteiger partial charge in [0.15, 0.2) is 0 Å². The smallest absolute Gasteiger partial charge is 0.120 e. The largest absolute Gasteiger partial charge is 0.376 e. The maximum Gasteiger partial charge on any atom is 0.120 e. The van der Waals surface area contributed by atoms with Gasteiger partial charge in [-0.3, -0.25) is 4.90 Å². The molecule has 0 N–H and O–H groups in total. The van der Waals surface area contributed by atoms with Crippen molar-refractivity contribution in [1.29, 1.82) is 0 Å². The molecule has 86 valence electrons. The molecule has 0 aromatic rings. The lowest BCUT2D eigenvalue weighted by atomic mass is 10.2. The summed E-state index contributed by atoms with van der Waals surface area (Å²) in [6.07, 6.45) is 6.91. The Morgan fingerprint density at radius 1 is 1.53 bits per heavy atom. The zero-order chi connectivity index (χ0) is 10.9. The molecule has 15 heavy (non-hydrogen) atoms. The number of unbranched alkanes of at least 4 members (excludes halogenated alkanes) is 1. The first-order chi connectivity index (χ1) is 7.38. The highest BCUT2D eigenvalue weighted by atomic mass is 16.5. The second-order valence-corrected chi connectivity index (χ2v) is 3.97. The highest BCUT2D eigenvalue weighted by Gasteiger charge is 2.23. The summed E-state index contributed by atoms with van der Waals surface area (Å²) >= 11 is 0. The molecular formula is C12H21NO2. The number of likely N-dealkylation sites (tertiary alicyclic amines) is 1. The van der Waals surface area contributed by atoms with Crippen molar-refractivity contribution in [3.8, 4) is 0 Å². The van der Waals surface area contributed by atoms with Crippen LogP contribution >= 0.6 is 0 Å². The van der Waals surface area contributed by atoms with E-state index in [2.05, 4.69) is 11.5 Å². The third-order valence-corrected chi connectivity index (χ3v) is 2.81. The van der Waals surface area contributed by atoms with Crippen molar-refractivity contribution >= 4 is 6.29 Å². The molecule has 3 heteroatoms. The molecule has 1 heterocycles. The van der Waals surface area contributed by atoms with Gasteiger partial charge in [0.05, 0.1) is 13.2 Å². The molecule has 0 saturated carbocycles. The van der Waals surface area contributed by atoms with Crippen LogP contribution in [0, 0.1) is 0 Å². The number of hydrogen-bond acceptors (Lipinski definition) is 3.